The van der Waals surface area contributed by atoms with E-state index in [1.54, 1.807) is 0 Å². The Morgan fingerprint density at radius 1 is 1.24 bits per heavy atom. The minimum Gasteiger partial charge on any atom is -0.391 e. The van der Waals surface area contributed by atoms with E-state index >= 15 is 0 Å². The zero-order valence-electron chi connectivity index (χ0n) is 12.9. The lowest BCUT2D eigenvalue weighted by molar-refractivity contribution is -0.140. The van der Waals surface area contributed by atoms with Gasteiger partial charge in [-0.3, -0.25) is 14.5 Å². The van der Waals surface area contributed by atoms with Crippen molar-refractivity contribution in [2.75, 3.05) is 6.54 Å². The van der Waals surface area contributed by atoms with Gasteiger partial charge in [0.1, 0.15) is 0 Å². The van der Waals surface area contributed by atoms with Gasteiger partial charge in [-0.25, -0.2) is 0 Å². The Hall–Kier alpha value is -1.68. The van der Waals surface area contributed by atoms with E-state index in [-0.39, 0.29) is 30.2 Å². The summed E-state index contributed by atoms with van der Waals surface area (Å²) in [5.74, 6) is -0.790. The number of hydrogen-bond acceptors (Lipinski definition) is 3. The Morgan fingerprint density at radius 2 is 1.86 bits per heavy atom. The van der Waals surface area contributed by atoms with E-state index in [1.165, 1.54) is 4.90 Å². The molecular weight excluding hydrogens is 266 g/mol. The van der Waals surface area contributed by atoms with Crippen molar-refractivity contribution in [3.05, 3.63) is 35.9 Å². The molecule has 1 N–H and O–H groups in total. The van der Waals surface area contributed by atoms with E-state index in [4.69, 9.17) is 0 Å². The lowest BCUT2D eigenvalue weighted by Crippen LogP contribution is -2.38. The standard InChI is InChI=1S/C17H23NO3/c1-17(2,3)10-13(19)11-18-15(20)9-14(16(18)21)12-7-5-4-6-8-12/h4-8,13-14,19H,9-11H2,1-3H3. The summed E-state index contributed by atoms with van der Waals surface area (Å²) in [4.78, 5) is 25.7. The third-order valence-corrected chi connectivity index (χ3v) is 3.69. The molecule has 1 aliphatic rings. The van der Waals surface area contributed by atoms with Crippen LogP contribution in [-0.4, -0.2) is 34.5 Å². The average molecular weight is 289 g/mol. The molecule has 4 heteroatoms. The first-order valence-electron chi connectivity index (χ1n) is 7.35. The summed E-state index contributed by atoms with van der Waals surface area (Å²) >= 11 is 0. The van der Waals surface area contributed by atoms with E-state index in [0.717, 1.165) is 5.56 Å². The molecule has 1 aromatic carbocycles. The molecule has 21 heavy (non-hydrogen) atoms. The highest BCUT2D eigenvalue weighted by molar-refractivity contribution is 6.06. The molecule has 0 radical (unpaired) electrons. The maximum absolute atomic E-state index is 12.4. The Balaban J connectivity index is 2.05. The smallest absolute Gasteiger partial charge is 0.237 e. The van der Waals surface area contributed by atoms with Gasteiger partial charge < -0.3 is 5.11 Å². The van der Waals surface area contributed by atoms with Crippen LogP contribution in [0.1, 0.15) is 45.1 Å². The summed E-state index contributed by atoms with van der Waals surface area (Å²) < 4.78 is 0. The van der Waals surface area contributed by atoms with Crippen molar-refractivity contribution in [2.45, 2.75) is 45.6 Å². The number of likely N-dealkylation sites (tertiary alicyclic amines) is 1. The number of β-amino-alcohol motifs (C(OH)–C–C–N with tert-alkyl or cyclic N) is 1. The van der Waals surface area contributed by atoms with Crippen LogP contribution in [0.2, 0.25) is 0 Å². The molecule has 2 amide bonds. The SMILES string of the molecule is CC(C)(C)CC(O)CN1C(=O)CC(c2ccccc2)C1=O. The first-order chi connectivity index (χ1) is 9.78. The minimum atomic E-state index is -0.674. The summed E-state index contributed by atoms with van der Waals surface area (Å²) in [5, 5.41) is 10.1. The van der Waals surface area contributed by atoms with Crippen molar-refractivity contribution in [1.82, 2.24) is 4.90 Å². The van der Waals surface area contributed by atoms with E-state index in [1.807, 2.05) is 51.1 Å². The normalized spacial score (nSPS) is 21.0. The Morgan fingerprint density at radius 3 is 2.43 bits per heavy atom. The molecule has 0 bridgehead atoms. The van der Waals surface area contributed by atoms with Crippen LogP contribution in [-0.2, 0) is 9.59 Å². The van der Waals surface area contributed by atoms with Crippen LogP contribution in [0.15, 0.2) is 30.3 Å². The summed E-state index contributed by atoms with van der Waals surface area (Å²) in [5.41, 5.74) is 0.827. The van der Waals surface area contributed by atoms with E-state index in [2.05, 4.69) is 0 Å². The molecule has 1 fully saturated rings. The fourth-order valence-electron chi connectivity index (χ4n) is 2.80. The number of aliphatic hydroxyl groups is 1. The summed E-state index contributed by atoms with van der Waals surface area (Å²) in [6, 6.07) is 9.35. The highest BCUT2D eigenvalue weighted by atomic mass is 16.3. The first kappa shape index (κ1) is 15.7. The molecule has 0 saturated carbocycles. The molecule has 1 heterocycles. The third-order valence-electron chi connectivity index (χ3n) is 3.69. The van der Waals surface area contributed by atoms with Crippen molar-refractivity contribution in [2.24, 2.45) is 5.41 Å². The summed E-state index contributed by atoms with van der Waals surface area (Å²) in [6.07, 6.45) is 0.0814. The Labute approximate surface area is 125 Å². The maximum Gasteiger partial charge on any atom is 0.237 e. The zero-order valence-corrected chi connectivity index (χ0v) is 12.9. The lowest BCUT2D eigenvalue weighted by Gasteiger charge is -2.25. The molecule has 4 nitrogen and oxygen atoms in total. The zero-order chi connectivity index (χ0) is 15.6. The van der Waals surface area contributed by atoms with Crippen molar-refractivity contribution >= 4 is 11.8 Å². The number of benzene rings is 1. The van der Waals surface area contributed by atoms with E-state index in [9.17, 15) is 14.7 Å². The lowest BCUT2D eigenvalue weighted by atomic mass is 9.89. The van der Waals surface area contributed by atoms with Crippen LogP contribution in [0.5, 0.6) is 0 Å². The van der Waals surface area contributed by atoms with Gasteiger partial charge in [-0.1, -0.05) is 51.1 Å². The predicted octanol–water partition coefficient (Wildman–Crippen LogP) is 2.33. The Kier molecular flexibility index (Phi) is 4.47. The number of amides is 2. The van der Waals surface area contributed by atoms with E-state index < -0.39 is 12.0 Å². The van der Waals surface area contributed by atoms with Gasteiger partial charge in [-0.15, -0.1) is 0 Å². The minimum absolute atomic E-state index is 0.0376. The van der Waals surface area contributed by atoms with Gasteiger partial charge in [0.05, 0.1) is 18.6 Å². The molecule has 1 aromatic rings. The number of aliphatic hydroxyl groups excluding tert-OH is 1. The average Bonchev–Trinajstić information content (AvgIpc) is 2.66. The topological polar surface area (TPSA) is 57.6 Å². The Bertz CT molecular complexity index is 519. The number of carbonyl (C=O) groups is 2. The number of imide groups is 1. The monoisotopic (exact) mass is 289 g/mol. The fourth-order valence-corrected chi connectivity index (χ4v) is 2.80. The molecule has 2 atom stereocenters. The van der Waals surface area contributed by atoms with Crippen molar-refractivity contribution < 1.29 is 14.7 Å². The van der Waals surface area contributed by atoms with Gasteiger partial charge in [0.25, 0.3) is 0 Å². The summed E-state index contributed by atoms with van der Waals surface area (Å²) in [6.45, 7) is 6.17. The number of nitrogens with zero attached hydrogens (tertiary/aromatic N) is 1. The second-order valence-electron chi connectivity index (χ2n) is 6.93. The molecule has 0 spiro atoms. The quantitative estimate of drug-likeness (QED) is 0.865. The van der Waals surface area contributed by atoms with Crippen LogP contribution in [0.3, 0.4) is 0 Å². The van der Waals surface area contributed by atoms with Gasteiger partial charge in [-0.05, 0) is 17.4 Å². The first-order valence-corrected chi connectivity index (χ1v) is 7.35. The van der Waals surface area contributed by atoms with Gasteiger partial charge >= 0.3 is 0 Å². The van der Waals surface area contributed by atoms with E-state index in [0.29, 0.717) is 6.42 Å². The number of hydrogen-bond donors (Lipinski definition) is 1. The largest absolute Gasteiger partial charge is 0.391 e. The highest BCUT2D eigenvalue weighted by Gasteiger charge is 2.40. The van der Waals surface area contributed by atoms with Crippen molar-refractivity contribution in [1.29, 1.82) is 0 Å². The van der Waals surface area contributed by atoms with Crippen LogP contribution >= 0.6 is 0 Å². The predicted molar refractivity (Wildman–Crippen MR) is 80.6 cm³/mol. The van der Waals surface area contributed by atoms with Crippen molar-refractivity contribution in [3.8, 4) is 0 Å². The van der Waals surface area contributed by atoms with Gasteiger partial charge in [0.2, 0.25) is 11.8 Å². The van der Waals surface area contributed by atoms with Crippen LogP contribution in [0, 0.1) is 5.41 Å². The maximum atomic E-state index is 12.4. The molecule has 114 valence electrons. The molecule has 1 saturated heterocycles. The van der Waals surface area contributed by atoms with Crippen molar-refractivity contribution in [3.63, 3.8) is 0 Å². The van der Waals surface area contributed by atoms with Gasteiger partial charge in [0, 0.05) is 6.42 Å². The van der Waals surface area contributed by atoms with Gasteiger partial charge in [0.15, 0.2) is 0 Å². The van der Waals surface area contributed by atoms with Crippen LogP contribution in [0.4, 0.5) is 0 Å². The second kappa shape index (κ2) is 5.98. The van der Waals surface area contributed by atoms with Crippen LogP contribution < -0.4 is 0 Å². The molecular formula is C17H23NO3. The molecule has 0 aromatic heterocycles. The van der Waals surface area contributed by atoms with Gasteiger partial charge in [-0.2, -0.15) is 0 Å². The van der Waals surface area contributed by atoms with Crippen LogP contribution in [0.25, 0.3) is 0 Å². The molecule has 0 aliphatic carbocycles. The highest BCUT2D eigenvalue weighted by Crippen LogP contribution is 2.30. The number of rotatable bonds is 4. The number of carbonyl (C=O) groups excluding carboxylic acids is 2. The molecule has 1 aliphatic heterocycles. The molecule has 2 rings (SSSR count). The summed E-state index contributed by atoms with van der Waals surface area (Å²) in [7, 11) is 0. The third kappa shape index (κ3) is 3.91. The fraction of sp³-hybridized carbons (Fsp3) is 0.529. The molecule has 2 unspecified atom stereocenters. The second-order valence-corrected chi connectivity index (χ2v) is 6.93.